The van der Waals surface area contributed by atoms with E-state index in [4.69, 9.17) is 9.72 Å². The summed E-state index contributed by atoms with van der Waals surface area (Å²) in [5.74, 6) is 0.537. The average molecular weight is 538 g/mol. The van der Waals surface area contributed by atoms with Gasteiger partial charge in [-0.15, -0.1) is 23.7 Å². The SMILES string of the molecule is Cl.O=C(O[C@H]1C[N+]2(Cc3csc(-c4ccccc4)n3)CCC1CC2)C1(c2ccccc2)CCCCCC1. The van der Waals surface area contributed by atoms with Crippen molar-refractivity contribution in [3.8, 4) is 10.6 Å². The number of nitrogens with zero attached hydrogens (tertiary/aromatic N) is 2. The molecule has 2 aromatic carbocycles. The summed E-state index contributed by atoms with van der Waals surface area (Å²) < 4.78 is 7.55. The maximum absolute atomic E-state index is 14.0. The molecule has 0 amide bonds. The molecular weight excluding hydrogens is 500 g/mol. The monoisotopic (exact) mass is 537 g/mol. The van der Waals surface area contributed by atoms with E-state index in [1.807, 2.05) is 12.1 Å². The Morgan fingerprint density at radius 2 is 1.59 bits per heavy atom. The minimum Gasteiger partial charge on any atom is -0.455 e. The van der Waals surface area contributed by atoms with Crippen molar-refractivity contribution in [1.82, 2.24) is 4.98 Å². The van der Waals surface area contributed by atoms with Crippen LogP contribution in [0.5, 0.6) is 0 Å². The highest BCUT2D eigenvalue weighted by atomic mass is 35.5. The molecule has 4 heterocycles. The molecule has 1 atom stereocenters. The Bertz CT molecular complexity index is 1170. The van der Waals surface area contributed by atoms with Crippen molar-refractivity contribution in [2.24, 2.45) is 5.92 Å². The molecule has 1 aromatic heterocycles. The molecule has 6 heteroatoms. The van der Waals surface area contributed by atoms with Crippen LogP contribution in [-0.4, -0.2) is 41.2 Å². The number of ether oxygens (including phenoxy) is 1. The highest BCUT2D eigenvalue weighted by Crippen LogP contribution is 2.43. The third kappa shape index (κ3) is 5.36. The average Bonchev–Trinajstić information content (AvgIpc) is 3.23. The largest absolute Gasteiger partial charge is 0.455 e. The first kappa shape index (κ1) is 26.4. The summed E-state index contributed by atoms with van der Waals surface area (Å²) in [5.41, 5.74) is 3.04. The summed E-state index contributed by atoms with van der Waals surface area (Å²) in [6, 6.07) is 20.9. The van der Waals surface area contributed by atoms with Gasteiger partial charge in [0.1, 0.15) is 23.8 Å². The lowest BCUT2D eigenvalue weighted by Crippen LogP contribution is -2.64. The maximum atomic E-state index is 14.0. The van der Waals surface area contributed by atoms with Crippen LogP contribution >= 0.6 is 23.7 Å². The van der Waals surface area contributed by atoms with Crippen molar-refractivity contribution in [3.63, 3.8) is 0 Å². The molecule has 0 unspecified atom stereocenters. The molecule has 3 aliphatic heterocycles. The van der Waals surface area contributed by atoms with Crippen LogP contribution in [0.15, 0.2) is 66.0 Å². The number of piperidine rings is 3. The number of hydrogen-bond donors (Lipinski definition) is 0. The number of carbonyl (C=O) groups is 1. The summed E-state index contributed by atoms with van der Waals surface area (Å²) in [4.78, 5) is 19.0. The van der Waals surface area contributed by atoms with Crippen LogP contribution in [0.4, 0.5) is 0 Å². The van der Waals surface area contributed by atoms with E-state index in [-0.39, 0.29) is 24.5 Å². The van der Waals surface area contributed by atoms with Gasteiger partial charge in [-0.05, 0) is 18.4 Å². The van der Waals surface area contributed by atoms with Crippen molar-refractivity contribution in [1.29, 1.82) is 0 Å². The van der Waals surface area contributed by atoms with E-state index in [9.17, 15) is 4.79 Å². The van der Waals surface area contributed by atoms with Crippen molar-refractivity contribution in [2.75, 3.05) is 19.6 Å². The predicted octanol–water partition coefficient (Wildman–Crippen LogP) is 7.18. The van der Waals surface area contributed by atoms with Gasteiger partial charge in [0.25, 0.3) is 0 Å². The Kier molecular flexibility index (Phi) is 8.04. The summed E-state index contributed by atoms with van der Waals surface area (Å²) in [5, 5.41) is 3.32. The smallest absolute Gasteiger partial charge is 0.317 e. The fourth-order valence-electron chi connectivity index (χ4n) is 6.96. The van der Waals surface area contributed by atoms with Gasteiger partial charge in [-0.1, -0.05) is 86.3 Å². The molecule has 1 aliphatic carbocycles. The number of quaternary nitrogens is 1. The van der Waals surface area contributed by atoms with E-state index < -0.39 is 5.41 Å². The standard InChI is InChI=1S/C31H37N2O2S.ClH/c34-30(31(17-9-1-2-10-18-31)26-13-7-4-8-14-26)35-28-22-33(19-15-24(28)16-20-33)21-27-23-36-29(32-27)25-11-5-3-6-12-25;/h3-8,11-14,23-24,28H,1-2,9-10,15-22H2;1H/q+1;/t24?,28-,33?;/m0./s1. The van der Waals surface area contributed by atoms with Gasteiger partial charge in [0.15, 0.2) is 6.10 Å². The number of esters is 1. The molecule has 3 aromatic rings. The lowest BCUT2D eigenvalue weighted by atomic mass is 9.74. The van der Waals surface area contributed by atoms with Crippen molar-refractivity contribution in [3.05, 3.63) is 77.3 Å². The summed E-state index contributed by atoms with van der Waals surface area (Å²) in [6.07, 6.45) is 8.77. The van der Waals surface area contributed by atoms with E-state index in [0.29, 0.717) is 5.92 Å². The number of hydrogen-bond acceptors (Lipinski definition) is 4. The second-order valence-electron chi connectivity index (χ2n) is 11.3. The van der Waals surface area contributed by atoms with Gasteiger partial charge in [-0.2, -0.15) is 0 Å². The highest BCUT2D eigenvalue weighted by Gasteiger charge is 2.50. The van der Waals surface area contributed by atoms with E-state index in [2.05, 4.69) is 53.9 Å². The number of benzene rings is 2. The van der Waals surface area contributed by atoms with E-state index in [0.717, 1.165) is 66.7 Å². The molecule has 3 saturated heterocycles. The first-order chi connectivity index (χ1) is 17.7. The molecule has 4 nitrogen and oxygen atoms in total. The molecule has 4 fully saturated rings. The molecule has 7 rings (SSSR count). The van der Waals surface area contributed by atoms with Gasteiger partial charge >= 0.3 is 5.97 Å². The number of aromatic nitrogens is 1. The Hall–Kier alpha value is -2.21. The molecule has 2 bridgehead atoms. The van der Waals surface area contributed by atoms with Crippen LogP contribution in [0.3, 0.4) is 0 Å². The van der Waals surface area contributed by atoms with Crippen LogP contribution in [0, 0.1) is 5.92 Å². The van der Waals surface area contributed by atoms with Gasteiger partial charge in [0.2, 0.25) is 0 Å². The van der Waals surface area contributed by atoms with E-state index in [1.165, 1.54) is 37.2 Å². The topological polar surface area (TPSA) is 39.2 Å². The number of fused-ring (bicyclic) bond motifs is 3. The van der Waals surface area contributed by atoms with E-state index >= 15 is 0 Å². The first-order valence-corrected chi connectivity index (χ1v) is 14.7. The number of thiazole rings is 1. The fraction of sp³-hybridized carbons (Fsp3) is 0.484. The minimum atomic E-state index is -0.478. The van der Waals surface area contributed by atoms with E-state index in [1.54, 1.807) is 11.3 Å². The lowest BCUT2D eigenvalue weighted by molar-refractivity contribution is -0.958. The number of rotatable bonds is 6. The zero-order chi connectivity index (χ0) is 24.4. The second kappa shape index (κ2) is 11.3. The van der Waals surface area contributed by atoms with Crippen LogP contribution in [-0.2, 0) is 21.5 Å². The molecule has 0 radical (unpaired) electrons. The van der Waals surface area contributed by atoms with Crippen LogP contribution in [0.1, 0.15) is 62.6 Å². The van der Waals surface area contributed by atoms with Crippen molar-refractivity contribution in [2.45, 2.75) is 69.4 Å². The Morgan fingerprint density at radius 3 is 2.27 bits per heavy atom. The quantitative estimate of drug-likeness (QED) is 0.190. The zero-order valence-corrected chi connectivity index (χ0v) is 23.2. The third-order valence-corrected chi connectivity index (χ3v) is 9.98. The normalized spacial score (nSPS) is 26.6. The third-order valence-electron chi connectivity index (χ3n) is 9.04. The van der Waals surface area contributed by atoms with Gasteiger partial charge in [0, 0.05) is 29.7 Å². The van der Waals surface area contributed by atoms with Gasteiger partial charge < -0.3 is 9.22 Å². The number of carbonyl (C=O) groups excluding carboxylic acids is 1. The summed E-state index contributed by atoms with van der Waals surface area (Å²) in [7, 11) is 0. The van der Waals surface area contributed by atoms with Crippen LogP contribution < -0.4 is 0 Å². The predicted molar refractivity (Wildman–Crippen MR) is 152 cm³/mol. The second-order valence-corrected chi connectivity index (χ2v) is 12.1. The van der Waals surface area contributed by atoms with Gasteiger partial charge in [-0.3, -0.25) is 4.79 Å². The summed E-state index contributed by atoms with van der Waals surface area (Å²) >= 11 is 1.74. The molecule has 4 aliphatic rings. The molecule has 196 valence electrons. The summed E-state index contributed by atoms with van der Waals surface area (Å²) in [6.45, 7) is 4.20. The fourth-order valence-corrected chi connectivity index (χ4v) is 7.78. The highest BCUT2D eigenvalue weighted by molar-refractivity contribution is 7.13. The maximum Gasteiger partial charge on any atom is 0.317 e. The van der Waals surface area contributed by atoms with Crippen LogP contribution in [0.25, 0.3) is 10.6 Å². The Morgan fingerprint density at radius 1 is 0.946 bits per heavy atom. The molecular formula is C31H38ClN2O2S+. The lowest BCUT2D eigenvalue weighted by Gasteiger charge is -2.52. The molecule has 1 saturated carbocycles. The van der Waals surface area contributed by atoms with Gasteiger partial charge in [0.05, 0.1) is 18.5 Å². The van der Waals surface area contributed by atoms with Crippen molar-refractivity contribution < 1.29 is 14.0 Å². The Labute approximate surface area is 231 Å². The van der Waals surface area contributed by atoms with Crippen molar-refractivity contribution >= 4 is 29.7 Å². The van der Waals surface area contributed by atoms with Crippen LogP contribution in [0.2, 0.25) is 0 Å². The molecule has 0 N–H and O–H groups in total. The zero-order valence-electron chi connectivity index (χ0n) is 21.5. The first-order valence-electron chi connectivity index (χ1n) is 13.8. The van der Waals surface area contributed by atoms with Gasteiger partial charge in [-0.25, -0.2) is 4.98 Å². The molecule has 37 heavy (non-hydrogen) atoms. The number of halogens is 1. The molecule has 0 spiro atoms. The minimum absolute atomic E-state index is 0. The Balaban J connectivity index is 0.00000280.